The Kier molecular flexibility index (Phi) is 3.42. The summed E-state index contributed by atoms with van der Waals surface area (Å²) in [5.74, 6) is -0.157. The Morgan fingerprint density at radius 3 is 2.63 bits per heavy atom. The van der Waals surface area contributed by atoms with Crippen LogP contribution in [0.2, 0.25) is 0 Å². The first-order chi connectivity index (χ1) is 8.67. The molecular formula is C12H19N3O3S. The van der Waals surface area contributed by atoms with Gasteiger partial charge in [0.2, 0.25) is 0 Å². The number of rotatable bonds is 2. The Morgan fingerprint density at radius 1 is 1.47 bits per heavy atom. The predicted octanol–water partition coefficient (Wildman–Crippen LogP) is 0.624. The zero-order valence-corrected chi connectivity index (χ0v) is 12.2. The van der Waals surface area contributed by atoms with Crippen molar-refractivity contribution in [2.75, 3.05) is 11.5 Å². The van der Waals surface area contributed by atoms with Gasteiger partial charge in [0.15, 0.2) is 9.84 Å². The van der Waals surface area contributed by atoms with Crippen molar-refractivity contribution in [3.63, 3.8) is 0 Å². The van der Waals surface area contributed by atoms with Crippen LogP contribution in [0.3, 0.4) is 0 Å². The Labute approximate surface area is 112 Å². The quantitative estimate of drug-likeness (QED) is 0.833. The Morgan fingerprint density at radius 2 is 2.16 bits per heavy atom. The van der Waals surface area contributed by atoms with Gasteiger partial charge in [-0.1, -0.05) is 20.8 Å². The van der Waals surface area contributed by atoms with E-state index in [4.69, 9.17) is 0 Å². The largest absolute Gasteiger partial charge is 0.347 e. The van der Waals surface area contributed by atoms with Crippen molar-refractivity contribution in [1.82, 2.24) is 15.5 Å². The molecule has 2 N–H and O–H groups in total. The van der Waals surface area contributed by atoms with Crippen LogP contribution in [0.1, 0.15) is 43.4 Å². The molecule has 6 nitrogen and oxygen atoms in total. The summed E-state index contributed by atoms with van der Waals surface area (Å²) in [4.78, 5) is 12.0. The third kappa shape index (κ3) is 3.34. The first kappa shape index (κ1) is 14.0. The van der Waals surface area contributed by atoms with E-state index >= 15 is 0 Å². The SMILES string of the molecule is CC(C)(C)c1cc(C(=O)NC2CCS(=O)(=O)C2)n[nH]1. The number of carbonyl (C=O) groups excluding carboxylic acids is 1. The van der Waals surface area contributed by atoms with Crippen molar-refractivity contribution < 1.29 is 13.2 Å². The minimum atomic E-state index is -2.98. The lowest BCUT2D eigenvalue weighted by Crippen LogP contribution is -2.35. The summed E-state index contributed by atoms with van der Waals surface area (Å²) in [7, 11) is -2.98. The second-order valence-corrected chi connectivity index (χ2v) is 8.22. The molecule has 2 rings (SSSR count). The lowest BCUT2D eigenvalue weighted by atomic mass is 9.92. The minimum Gasteiger partial charge on any atom is -0.347 e. The highest BCUT2D eigenvalue weighted by Crippen LogP contribution is 2.20. The molecule has 1 amide bonds. The van der Waals surface area contributed by atoms with Gasteiger partial charge >= 0.3 is 0 Å². The zero-order chi connectivity index (χ0) is 14.3. The summed E-state index contributed by atoms with van der Waals surface area (Å²) in [6, 6.07) is 1.41. The first-order valence-electron chi connectivity index (χ1n) is 6.24. The van der Waals surface area contributed by atoms with E-state index in [2.05, 4.69) is 15.5 Å². The summed E-state index contributed by atoms with van der Waals surface area (Å²) < 4.78 is 22.6. The van der Waals surface area contributed by atoms with E-state index in [1.54, 1.807) is 6.07 Å². The fourth-order valence-corrected chi connectivity index (χ4v) is 3.66. The van der Waals surface area contributed by atoms with Crippen molar-refractivity contribution >= 4 is 15.7 Å². The molecule has 1 unspecified atom stereocenters. The van der Waals surface area contributed by atoms with E-state index < -0.39 is 9.84 Å². The number of nitrogens with one attached hydrogen (secondary N) is 2. The number of H-pyrrole nitrogens is 1. The van der Waals surface area contributed by atoms with Gasteiger partial charge in [0.1, 0.15) is 5.69 Å². The maximum Gasteiger partial charge on any atom is 0.272 e. The molecule has 2 heterocycles. The Balaban J connectivity index is 2.03. The van der Waals surface area contributed by atoms with Gasteiger partial charge in [-0.3, -0.25) is 9.89 Å². The number of aromatic nitrogens is 2. The molecule has 0 bridgehead atoms. The van der Waals surface area contributed by atoms with Crippen LogP contribution in [0.25, 0.3) is 0 Å². The monoisotopic (exact) mass is 285 g/mol. The molecule has 1 atom stereocenters. The number of hydrogen-bond donors (Lipinski definition) is 2. The van der Waals surface area contributed by atoms with Crippen molar-refractivity contribution in [2.24, 2.45) is 0 Å². The topological polar surface area (TPSA) is 91.9 Å². The van der Waals surface area contributed by atoms with Crippen LogP contribution in [0.15, 0.2) is 6.07 Å². The van der Waals surface area contributed by atoms with Crippen LogP contribution in [-0.4, -0.2) is 42.1 Å². The molecule has 0 aliphatic carbocycles. The Bertz CT molecular complexity index is 584. The molecule has 1 fully saturated rings. The average Bonchev–Trinajstić information content (AvgIpc) is 2.84. The normalized spacial score (nSPS) is 22.4. The molecule has 7 heteroatoms. The zero-order valence-electron chi connectivity index (χ0n) is 11.4. The summed E-state index contributed by atoms with van der Waals surface area (Å²) in [5, 5.41) is 9.53. The molecule has 1 aliphatic heterocycles. The highest BCUT2D eigenvalue weighted by Gasteiger charge is 2.30. The molecule has 0 aromatic carbocycles. The smallest absolute Gasteiger partial charge is 0.272 e. The summed E-state index contributed by atoms with van der Waals surface area (Å²) >= 11 is 0. The van der Waals surface area contributed by atoms with Crippen LogP contribution < -0.4 is 5.32 Å². The Hall–Kier alpha value is -1.37. The highest BCUT2D eigenvalue weighted by molar-refractivity contribution is 7.91. The van der Waals surface area contributed by atoms with Crippen molar-refractivity contribution in [1.29, 1.82) is 0 Å². The van der Waals surface area contributed by atoms with Crippen molar-refractivity contribution in [3.8, 4) is 0 Å². The van der Waals surface area contributed by atoms with Crippen LogP contribution in [0, 0.1) is 0 Å². The van der Waals surface area contributed by atoms with Gasteiger partial charge in [0.25, 0.3) is 5.91 Å². The van der Waals surface area contributed by atoms with E-state index in [0.717, 1.165) is 5.69 Å². The molecule has 1 aromatic rings. The molecule has 0 radical (unpaired) electrons. The number of amides is 1. The van der Waals surface area contributed by atoms with E-state index in [1.807, 2.05) is 20.8 Å². The van der Waals surface area contributed by atoms with Crippen LogP contribution in [-0.2, 0) is 15.3 Å². The molecule has 1 aliphatic rings. The van der Waals surface area contributed by atoms with Gasteiger partial charge in [-0.15, -0.1) is 0 Å². The van der Waals surface area contributed by atoms with Gasteiger partial charge in [-0.25, -0.2) is 8.42 Å². The maximum absolute atomic E-state index is 12.0. The molecule has 1 aromatic heterocycles. The van der Waals surface area contributed by atoms with Gasteiger partial charge in [0.05, 0.1) is 11.5 Å². The van der Waals surface area contributed by atoms with Gasteiger partial charge in [-0.05, 0) is 12.5 Å². The highest BCUT2D eigenvalue weighted by atomic mass is 32.2. The second kappa shape index (κ2) is 4.63. The fraction of sp³-hybridized carbons (Fsp3) is 0.667. The number of nitrogens with zero attached hydrogens (tertiary/aromatic N) is 1. The van der Waals surface area contributed by atoms with Gasteiger partial charge in [0, 0.05) is 17.2 Å². The van der Waals surface area contributed by atoms with E-state index in [0.29, 0.717) is 12.1 Å². The first-order valence-corrected chi connectivity index (χ1v) is 8.07. The standard InChI is InChI=1S/C12H19N3O3S/c1-12(2,3)10-6-9(14-15-10)11(16)13-8-4-5-19(17,18)7-8/h6,8H,4-5,7H2,1-3H3,(H,13,16)(H,14,15). The van der Waals surface area contributed by atoms with Crippen LogP contribution in [0.4, 0.5) is 0 Å². The number of sulfone groups is 1. The van der Waals surface area contributed by atoms with Crippen molar-refractivity contribution in [3.05, 3.63) is 17.5 Å². The van der Waals surface area contributed by atoms with Crippen LogP contribution >= 0.6 is 0 Å². The molecule has 19 heavy (non-hydrogen) atoms. The van der Waals surface area contributed by atoms with Crippen LogP contribution in [0.5, 0.6) is 0 Å². The number of aromatic amines is 1. The molecule has 106 valence electrons. The molecule has 1 saturated heterocycles. The average molecular weight is 285 g/mol. The maximum atomic E-state index is 12.0. The third-order valence-corrected chi connectivity index (χ3v) is 4.95. The molecule has 0 saturated carbocycles. The van der Waals surface area contributed by atoms with Crippen molar-refractivity contribution in [2.45, 2.75) is 38.6 Å². The second-order valence-electron chi connectivity index (χ2n) is 5.99. The number of hydrogen-bond acceptors (Lipinski definition) is 4. The predicted molar refractivity (Wildman–Crippen MR) is 71.8 cm³/mol. The van der Waals surface area contributed by atoms with E-state index in [-0.39, 0.29) is 28.9 Å². The fourth-order valence-electron chi connectivity index (χ4n) is 1.99. The number of carbonyl (C=O) groups is 1. The summed E-state index contributed by atoms with van der Waals surface area (Å²) in [5.41, 5.74) is 1.06. The van der Waals surface area contributed by atoms with E-state index in [9.17, 15) is 13.2 Å². The van der Waals surface area contributed by atoms with Gasteiger partial charge < -0.3 is 5.32 Å². The van der Waals surface area contributed by atoms with E-state index in [1.165, 1.54) is 0 Å². The molecular weight excluding hydrogens is 266 g/mol. The summed E-state index contributed by atoms with van der Waals surface area (Å²) in [6.07, 6.45) is 0.477. The third-order valence-electron chi connectivity index (χ3n) is 3.19. The minimum absolute atomic E-state index is 0.0231. The molecule has 0 spiro atoms. The lowest BCUT2D eigenvalue weighted by molar-refractivity contribution is 0.0936. The lowest BCUT2D eigenvalue weighted by Gasteiger charge is -2.14. The van der Waals surface area contributed by atoms with Gasteiger partial charge in [-0.2, -0.15) is 5.10 Å². The summed E-state index contributed by atoms with van der Waals surface area (Å²) in [6.45, 7) is 6.06.